The number of hydrogen-bond acceptors (Lipinski definition) is 6. The molecule has 1 aromatic carbocycles. The van der Waals surface area contributed by atoms with E-state index in [9.17, 15) is 10.1 Å². The second-order valence-electron chi connectivity index (χ2n) is 5.83. The minimum atomic E-state index is -0.655. The van der Waals surface area contributed by atoms with E-state index in [1.807, 2.05) is 6.92 Å². The van der Waals surface area contributed by atoms with Crippen molar-refractivity contribution in [2.75, 3.05) is 13.7 Å². The number of aromatic amines is 1. The number of aryl methyl sites for hydroxylation is 1. The van der Waals surface area contributed by atoms with Crippen molar-refractivity contribution in [2.45, 2.75) is 19.8 Å². The number of ether oxygens (including phenoxy) is 3. The van der Waals surface area contributed by atoms with E-state index < -0.39 is 5.92 Å². The van der Waals surface area contributed by atoms with E-state index in [1.165, 1.54) is 7.11 Å². The van der Waals surface area contributed by atoms with Gasteiger partial charge in [0.1, 0.15) is 17.4 Å². The molecule has 0 bridgehead atoms. The van der Waals surface area contributed by atoms with Crippen LogP contribution in [-0.4, -0.2) is 18.7 Å². The number of nitrogens with zero attached hydrogens (tertiary/aromatic N) is 1. The fraction of sp³-hybridized carbons (Fsp3) is 0.263. The fourth-order valence-corrected chi connectivity index (χ4v) is 3.08. The quantitative estimate of drug-likeness (QED) is 0.873. The summed E-state index contributed by atoms with van der Waals surface area (Å²) in [4.78, 5) is 15.3. The first-order chi connectivity index (χ1) is 12.5. The van der Waals surface area contributed by atoms with Gasteiger partial charge in [0.2, 0.25) is 5.88 Å². The molecule has 26 heavy (non-hydrogen) atoms. The highest BCUT2D eigenvalue weighted by Crippen LogP contribution is 2.42. The Hall–Kier alpha value is -3.40. The number of pyridine rings is 1. The van der Waals surface area contributed by atoms with Gasteiger partial charge in [-0.2, -0.15) is 5.26 Å². The van der Waals surface area contributed by atoms with Crippen LogP contribution in [0.1, 0.15) is 29.7 Å². The van der Waals surface area contributed by atoms with Crippen molar-refractivity contribution < 1.29 is 14.2 Å². The van der Waals surface area contributed by atoms with Crippen molar-refractivity contribution in [3.05, 3.63) is 62.9 Å². The van der Waals surface area contributed by atoms with E-state index in [4.69, 9.17) is 19.9 Å². The van der Waals surface area contributed by atoms with Gasteiger partial charge < -0.3 is 24.9 Å². The Morgan fingerprint density at radius 1 is 1.35 bits per heavy atom. The zero-order valence-corrected chi connectivity index (χ0v) is 14.8. The highest BCUT2D eigenvalue weighted by atomic mass is 16.5. The molecule has 134 valence electrons. The highest BCUT2D eigenvalue weighted by Gasteiger charge is 2.33. The van der Waals surface area contributed by atoms with E-state index in [-0.39, 0.29) is 17.0 Å². The topological polar surface area (TPSA) is 110 Å². The fourth-order valence-electron chi connectivity index (χ4n) is 3.08. The molecule has 1 aliphatic rings. The molecule has 3 rings (SSSR count). The predicted octanol–water partition coefficient (Wildman–Crippen LogP) is 2.31. The molecule has 1 atom stereocenters. The number of H-pyrrole nitrogens is 1. The van der Waals surface area contributed by atoms with Gasteiger partial charge in [-0.1, -0.05) is 6.07 Å². The lowest BCUT2D eigenvalue weighted by Crippen LogP contribution is -2.28. The van der Waals surface area contributed by atoms with Gasteiger partial charge in [-0.3, -0.25) is 4.79 Å². The van der Waals surface area contributed by atoms with Crippen LogP contribution in [-0.2, 0) is 0 Å². The molecule has 0 amide bonds. The number of nitriles is 1. The normalized spacial score (nSPS) is 15.7. The van der Waals surface area contributed by atoms with Crippen molar-refractivity contribution >= 4 is 0 Å². The van der Waals surface area contributed by atoms with Crippen LogP contribution in [0, 0.1) is 18.3 Å². The first-order valence-corrected chi connectivity index (χ1v) is 8.12. The first kappa shape index (κ1) is 17.4. The largest absolute Gasteiger partial charge is 0.493 e. The van der Waals surface area contributed by atoms with E-state index in [1.54, 1.807) is 31.2 Å². The number of methoxy groups -OCH3 is 1. The number of allylic oxidation sites excluding steroid dienone is 1. The zero-order chi connectivity index (χ0) is 18.8. The van der Waals surface area contributed by atoms with Crippen molar-refractivity contribution in [1.29, 1.82) is 5.26 Å². The molecule has 0 fully saturated rings. The first-order valence-electron chi connectivity index (χ1n) is 8.12. The SMILES string of the molecule is CCOc1ccc(C2C(C#N)=C(N)Oc3cc(C)[nH]c(=O)c32)cc1OC. The van der Waals surface area contributed by atoms with Crippen LogP contribution >= 0.6 is 0 Å². The monoisotopic (exact) mass is 353 g/mol. The minimum absolute atomic E-state index is 0.0112. The molecule has 0 radical (unpaired) electrons. The lowest BCUT2D eigenvalue weighted by molar-refractivity contribution is 0.310. The molecule has 7 heteroatoms. The summed E-state index contributed by atoms with van der Waals surface area (Å²) in [5.74, 6) is 0.775. The van der Waals surface area contributed by atoms with Gasteiger partial charge in [0, 0.05) is 11.8 Å². The number of nitrogens with one attached hydrogen (secondary N) is 1. The summed E-state index contributed by atoms with van der Waals surface area (Å²) < 4.78 is 16.5. The van der Waals surface area contributed by atoms with Crippen molar-refractivity contribution in [3.63, 3.8) is 0 Å². The summed E-state index contributed by atoms with van der Waals surface area (Å²) in [5, 5.41) is 9.59. The molecule has 3 N–H and O–H groups in total. The van der Waals surface area contributed by atoms with Gasteiger partial charge in [0.05, 0.1) is 25.2 Å². The summed E-state index contributed by atoms with van der Waals surface area (Å²) in [6.07, 6.45) is 0. The maximum atomic E-state index is 12.6. The summed E-state index contributed by atoms with van der Waals surface area (Å²) >= 11 is 0. The molecule has 2 aromatic rings. The molecule has 0 aliphatic carbocycles. The molecule has 1 aromatic heterocycles. The Bertz CT molecular complexity index is 985. The van der Waals surface area contributed by atoms with Gasteiger partial charge in [-0.25, -0.2) is 0 Å². The van der Waals surface area contributed by atoms with Gasteiger partial charge in [0.15, 0.2) is 11.5 Å². The lowest BCUT2D eigenvalue weighted by Gasteiger charge is -2.26. The Morgan fingerprint density at radius 3 is 2.77 bits per heavy atom. The second-order valence-corrected chi connectivity index (χ2v) is 5.83. The maximum Gasteiger partial charge on any atom is 0.256 e. The Labute approximate surface area is 150 Å². The smallest absolute Gasteiger partial charge is 0.256 e. The predicted molar refractivity (Wildman–Crippen MR) is 95.3 cm³/mol. The number of aromatic nitrogens is 1. The highest BCUT2D eigenvalue weighted by molar-refractivity contribution is 5.57. The average Bonchev–Trinajstić information content (AvgIpc) is 2.61. The van der Waals surface area contributed by atoms with Gasteiger partial charge >= 0.3 is 0 Å². The van der Waals surface area contributed by atoms with Crippen LogP contribution in [0.25, 0.3) is 0 Å². The number of nitrogens with two attached hydrogens (primary N) is 1. The molecule has 0 saturated carbocycles. The second kappa shape index (κ2) is 6.84. The van der Waals surface area contributed by atoms with E-state index in [0.717, 1.165) is 0 Å². The summed E-state index contributed by atoms with van der Waals surface area (Å²) in [6.45, 7) is 4.12. The minimum Gasteiger partial charge on any atom is -0.493 e. The van der Waals surface area contributed by atoms with Gasteiger partial charge in [-0.05, 0) is 31.5 Å². The molecule has 0 spiro atoms. The van der Waals surface area contributed by atoms with E-state index in [0.29, 0.717) is 40.7 Å². The van der Waals surface area contributed by atoms with Crippen LogP contribution < -0.4 is 25.5 Å². The van der Waals surface area contributed by atoms with Crippen LogP contribution in [0.2, 0.25) is 0 Å². The maximum absolute atomic E-state index is 12.6. The lowest BCUT2D eigenvalue weighted by atomic mass is 9.84. The zero-order valence-electron chi connectivity index (χ0n) is 14.8. The van der Waals surface area contributed by atoms with Crippen LogP contribution in [0.5, 0.6) is 17.2 Å². The van der Waals surface area contributed by atoms with Crippen molar-refractivity contribution in [2.24, 2.45) is 5.73 Å². The Morgan fingerprint density at radius 2 is 2.12 bits per heavy atom. The van der Waals surface area contributed by atoms with Crippen LogP contribution in [0.15, 0.2) is 40.5 Å². The van der Waals surface area contributed by atoms with Gasteiger partial charge in [-0.15, -0.1) is 0 Å². The molecule has 1 unspecified atom stereocenters. The number of benzene rings is 1. The summed E-state index contributed by atoms with van der Waals surface area (Å²) in [6, 6.07) is 9.04. The number of rotatable bonds is 4. The molecule has 0 saturated heterocycles. The third kappa shape index (κ3) is 2.86. The Balaban J connectivity index is 2.23. The standard InChI is InChI=1S/C19H19N3O4/c1-4-25-13-6-5-11(8-14(13)24-3)16-12(9-20)18(21)26-15-7-10(2)22-19(23)17(15)16/h5-8,16H,4,21H2,1-3H3,(H,22,23). The van der Waals surface area contributed by atoms with Crippen molar-refractivity contribution in [3.8, 4) is 23.3 Å². The molecular weight excluding hydrogens is 334 g/mol. The van der Waals surface area contributed by atoms with Gasteiger partial charge in [0.25, 0.3) is 5.56 Å². The summed E-state index contributed by atoms with van der Waals surface area (Å²) in [5.41, 5.74) is 7.47. The van der Waals surface area contributed by atoms with E-state index in [2.05, 4.69) is 11.1 Å². The third-order valence-electron chi connectivity index (χ3n) is 4.17. The molecule has 7 nitrogen and oxygen atoms in total. The number of fused-ring (bicyclic) bond motifs is 1. The molecular formula is C19H19N3O4. The van der Waals surface area contributed by atoms with Crippen LogP contribution in [0.3, 0.4) is 0 Å². The number of hydrogen-bond donors (Lipinski definition) is 2. The Kier molecular flexibility index (Phi) is 4.59. The third-order valence-corrected chi connectivity index (χ3v) is 4.17. The molecule has 1 aliphatic heterocycles. The molecule has 2 heterocycles. The average molecular weight is 353 g/mol. The van der Waals surface area contributed by atoms with E-state index >= 15 is 0 Å². The van der Waals surface area contributed by atoms with Crippen molar-refractivity contribution in [1.82, 2.24) is 4.98 Å². The summed E-state index contributed by atoms with van der Waals surface area (Å²) in [7, 11) is 1.53. The van der Waals surface area contributed by atoms with Crippen LogP contribution in [0.4, 0.5) is 0 Å².